The van der Waals surface area contributed by atoms with Crippen LogP contribution in [0.15, 0.2) is 0 Å². The molecule has 1 rings (SSSR count). The van der Waals surface area contributed by atoms with Crippen LogP contribution in [0.4, 0.5) is 0 Å². The lowest BCUT2D eigenvalue weighted by molar-refractivity contribution is -0.138. The minimum atomic E-state index is -0.974. The first kappa shape index (κ1) is 9.63. The Kier molecular flexibility index (Phi) is 2.31. The van der Waals surface area contributed by atoms with Gasteiger partial charge in [0.05, 0.1) is 0 Å². The third-order valence-corrected chi connectivity index (χ3v) is 1.40. The number of carboxylic acids is 1. The highest BCUT2D eigenvalue weighted by Gasteiger charge is 2.20. The Morgan fingerprint density at radius 2 is 2.15 bits per heavy atom. The third-order valence-electron chi connectivity index (χ3n) is 1.40. The molecule has 0 unspecified atom stereocenters. The van der Waals surface area contributed by atoms with Gasteiger partial charge in [0.25, 0.3) is 0 Å². The monoisotopic (exact) mass is 184 g/mol. The van der Waals surface area contributed by atoms with Crippen molar-refractivity contribution in [2.45, 2.75) is 32.7 Å². The van der Waals surface area contributed by atoms with Crippen LogP contribution in [-0.2, 0) is 16.8 Å². The lowest BCUT2D eigenvalue weighted by Crippen LogP contribution is -2.15. The van der Waals surface area contributed by atoms with Gasteiger partial charge in [-0.05, 0) is 5.21 Å². The van der Waals surface area contributed by atoms with Crippen molar-refractivity contribution in [1.29, 1.82) is 0 Å². The first-order valence-corrected chi connectivity index (χ1v) is 3.89. The van der Waals surface area contributed by atoms with E-state index in [-0.39, 0.29) is 12.0 Å². The van der Waals surface area contributed by atoms with Gasteiger partial charge in [0.15, 0.2) is 12.4 Å². The second kappa shape index (κ2) is 3.12. The molecule has 1 heterocycles. The fourth-order valence-electron chi connectivity index (χ4n) is 0.731. The van der Waals surface area contributed by atoms with Gasteiger partial charge in [-0.25, -0.2) is 0 Å². The van der Waals surface area contributed by atoms with Gasteiger partial charge in [0, 0.05) is 5.41 Å². The number of nitrogens with zero attached hydrogens (tertiary/aromatic N) is 4. The van der Waals surface area contributed by atoms with E-state index in [1.807, 2.05) is 20.8 Å². The maximum atomic E-state index is 10.3. The fraction of sp³-hybridized carbons (Fsp3) is 0.714. The molecule has 0 atom stereocenters. The molecule has 0 saturated heterocycles. The third kappa shape index (κ3) is 2.50. The van der Waals surface area contributed by atoms with Crippen molar-refractivity contribution >= 4 is 5.97 Å². The van der Waals surface area contributed by atoms with Crippen LogP contribution in [0.2, 0.25) is 0 Å². The van der Waals surface area contributed by atoms with Crippen molar-refractivity contribution in [3.63, 3.8) is 0 Å². The summed E-state index contributed by atoms with van der Waals surface area (Å²) in [6.45, 7) is 5.57. The molecule has 1 aromatic heterocycles. The quantitative estimate of drug-likeness (QED) is 0.702. The lowest BCUT2D eigenvalue weighted by atomic mass is 9.96. The van der Waals surface area contributed by atoms with Gasteiger partial charge in [-0.3, -0.25) is 4.79 Å². The molecule has 6 heteroatoms. The Morgan fingerprint density at radius 1 is 1.54 bits per heavy atom. The van der Waals surface area contributed by atoms with Crippen molar-refractivity contribution in [3.8, 4) is 0 Å². The lowest BCUT2D eigenvalue weighted by Gasteiger charge is -2.10. The van der Waals surface area contributed by atoms with E-state index in [1.54, 1.807) is 0 Å². The molecule has 72 valence electrons. The van der Waals surface area contributed by atoms with Crippen LogP contribution in [0.3, 0.4) is 0 Å². The molecular formula is C7H12N4O2. The highest BCUT2D eigenvalue weighted by Crippen LogP contribution is 2.15. The molecule has 0 aliphatic carbocycles. The number of tetrazole rings is 1. The maximum Gasteiger partial charge on any atom is 0.327 e. The summed E-state index contributed by atoms with van der Waals surface area (Å²) in [7, 11) is 0. The second-order valence-corrected chi connectivity index (χ2v) is 3.79. The van der Waals surface area contributed by atoms with Crippen LogP contribution in [0, 0.1) is 0 Å². The molecule has 1 aromatic rings. The molecular weight excluding hydrogens is 172 g/mol. The van der Waals surface area contributed by atoms with E-state index in [9.17, 15) is 4.79 Å². The Balaban J connectivity index is 2.81. The van der Waals surface area contributed by atoms with Crippen LogP contribution >= 0.6 is 0 Å². The van der Waals surface area contributed by atoms with Gasteiger partial charge >= 0.3 is 5.97 Å². The molecule has 0 saturated carbocycles. The molecule has 0 amide bonds. The van der Waals surface area contributed by atoms with Crippen molar-refractivity contribution in [1.82, 2.24) is 20.2 Å². The summed E-state index contributed by atoms with van der Waals surface area (Å²) >= 11 is 0. The number of rotatable bonds is 2. The van der Waals surface area contributed by atoms with E-state index < -0.39 is 5.97 Å². The van der Waals surface area contributed by atoms with Crippen LogP contribution in [-0.4, -0.2) is 31.3 Å². The summed E-state index contributed by atoms with van der Waals surface area (Å²) in [6.07, 6.45) is 0. The summed E-state index contributed by atoms with van der Waals surface area (Å²) in [5, 5.41) is 19.8. The Hall–Kier alpha value is -1.46. The first-order chi connectivity index (χ1) is 5.89. The van der Waals surface area contributed by atoms with Crippen LogP contribution in [0.5, 0.6) is 0 Å². The molecule has 0 fully saturated rings. The van der Waals surface area contributed by atoms with Gasteiger partial charge in [-0.2, -0.15) is 4.80 Å². The van der Waals surface area contributed by atoms with Crippen LogP contribution in [0.1, 0.15) is 26.6 Å². The Labute approximate surface area is 75.6 Å². The van der Waals surface area contributed by atoms with Crippen LogP contribution < -0.4 is 0 Å². The molecule has 0 aliphatic rings. The zero-order chi connectivity index (χ0) is 10.1. The highest BCUT2D eigenvalue weighted by molar-refractivity contribution is 5.66. The van der Waals surface area contributed by atoms with E-state index >= 15 is 0 Å². The number of carboxylic acid groups (broad SMARTS) is 1. The number of carbonyl (C=O) groups is 1. The second-order valence-electron chi connectivity index (χ2n) is 3.79. The normalized spacial score (nSPS) is 11.6. The number of aromatic nitrogens is 4. The Bertz CT molecular complexity index is 313. The topological polar surface area (TPSA) is 80.9 Å². The Morgan fingerprint density at radius 3 is 2.54 bits per heavy atom. The zero-order valence-electron chi connectivity index (χ0n) is 7.85. The number of aliphatic carboxylic acids is 1. The van der Waals surface area contributed by atoms with Gasteiger partial charge in [-0.1, -0.05) is 20.8 Å². The van der Waals surface area contributed by atoms with E-state index in [4.69, 9.17) is 5.11 Å². The molecule has 1 N–H and O–H groups in total. The van der Waals surface area contributed by atoms with E-state index in [1.165, 1.54) is 0 Å². The maximum absolute atomic E-state index is 10.3. The predicted octanol–water partition coefficient (Wildman–Crippen LogP) is 0.0552. The van der Waals surface area contributed by atoms with Gasteiger partial charge in [-0.15, -0.1) is 10.2 Å². The average molecular weight is 184 g/mol. The minimum Gasteiger partial charge on any atom is -0.480 e. The molecule has 0 bridgehead atoms. The smallest absolute Gasteiger partial charge is 0.327 e. The summed E-state index contributed by atoms with van der Waals surface area (Å²) < 4.78 is 0. The SMILES string of the molecule is CC(C)(C)c1nnn(CC(=O)O)n1. The summed E-state index contributed by atoms with van der Waals surface area (Å²) in [5.74, 6) is -0.424. The van der Waals surface area contributed by atoms with Crippen molar-refractivity contribution < 1.29 is 9.90 Å². The summed E-state index contributed by atoms with van der Waals surface area (Å²) in [4.78, 5) is 11.4. The average Bonchev–Trinajstić information content (AvgIpc) is 2.32. The predicted molar refractivity (Wildman–Crippen MR) is 44.2 cm³/mol. The van der Waals surface area contributed by atoms with Crippen molar-refractivity contribution in [3.05, 3.63) is 5.82 Å². The summed E-state index contributed by atoms with van der Waals surface area (Å²) in [6, 6.07) is 0. The van der Waals surface area contributed by atoms with Crippen molar-refractivity contribution in [2.75, 3.05) is 0 Å². The van der Waals surface area contributed by atoms with E-state index in [0.29, 0.717) is 5.82 Å². The standard InChI is InChI=1S/C7H12N4O2/c1-7(2,3)6-8-10-11(9-6)4-5(12)13/h4H2,1-3H3,(H,12,13). The van der Waals surface area contributed by atoms with Gasteiger partial charge in [0.1, 0.15) is 0 Å². The number of hydrogen-bond acceptors (Lipinski definition) is 4. The zero-order valence-corrected chi connectivity index (χ0v) is 7.85. The minimum absolute atomic E-state index is 0.198. The summed E-state index contributed by atoms with van der Waals surface area (Å²) in [5.41, 5.74) is -0.198. The van der Waals surface area contributed by atoms with Crippen molar-refractivity contribution in [2.24, 2.45) is 0 Å². The first-order valence-electron chi connectivity index (χ1n) is 3.89. The molecule has 13 heavy (non-hydrogen) atoms. The highest BCUT2D eigenvalue weighted by atomic mass is 16.4. The molecule has 0 aromatic carbocycles. The number of hydrogen-bond donors (Lipinski definition) is 1. The van der Waals surface area contributed by atoms with E-state index in [0.717, 1.165) is 4.80 Å². The fourth-order valence-corrected chi connectivity index (χ4v) is 0.731. The molecule has 6 nitrogen and oxygen atoms in total. The largest absolute Gasteiger partial charge is 0.480 e. The van der Waals surface area contributed by atoms with Gasteiger partial charge in [0.2, 0.25) is 0 Å². The van der Waals surface area contributed by atoms with Gasteiger partial charge < -0.3 is 5.11 Å². The van der Waals surface area contributed by atoms with E-state index in [2.05, 4.69) is 15.4 Å². The molecule has 0 radical (unpaired) electrons. The van der Waals surface area contributed by atoms with Crippen LogP contribution in [0.25, 0.3) is 0 Å². The molecule has 0 spiro atoms. The molecule has 0 aliphatic heterocycles.